The molecule has 1 fully saturated rings. The largest absolute Gasteiger partial charge is 0.477 e. The lowest BCUT2D eigenvalue weighted by atomic mass is 10.0. The summed E-state index contributed by atoms with van der Waals surface area (Å²) in [6, 6.07) is -0.960. The van der Waals surface area contributed by atoms with Gasteiger partial charge >= 0.3 is 5.97 Å². The van der Waals surface area contributed by atoms with Gasteiger partial charge in [0.25, 0.3) is 11.8 Å². The van der Waals surface area contributed by atoms with Crippen molar-refractivity contribution in [2.24, 2.45) is 10.9 Å². The minimum Gasteiger partial charge on any atom is -0.477 e. The predicted molar refractivity (Wildman–Crippen MR) is 135 cm³/mol. The van der Waals surface area contributed by atoms with E-state index < -0.39 is 29.2 Å². The molecule has 16 nitrogen and oxygen atoms in total. The number of hydrogen-bond donors (Lipinski definition) is 5. The number of nitrogens with zero attached hydrogens (tertiary/aromatic N) is 7. The number of amidine groups is 1. The Morgan fingerprint density at radius 3 is 2.89 bits per heavy atom. The highest BCUT2D eigenvalue weighted by Gasteiger charge is 2.54. The molecule has 7 N–H and O–H groups in total. The van der Waals surface area contributed by atoms with E-state index in [-0.39, 0.29) is 40.2 Å². The number of carbonyl (C=O) groups is 3. The van der Waals surface area contributed by atoms with Gasteiger partial charge in [-0.1, -0.05) is 16.9 Å². The van der Waals surface area contributed by atoms with Crippen LogP contribution in [0, 0.1) is 5.41 Å². The predicted octanol–water partition coefficient (Wildman–Crippen LogP) is -1.08. The van der Waals surface area contributed by atoms with Crippen molar-refractivity contribution in [3.63, 3.8) is 0 Å². The summed E-state index contributed by atoms with van der Waals surface area (Å²) in [7, 11) is 1.27. The maximum absolute atomic E-state index is 13.0. The number of hydrogen-bond acceptors (Lipinski definition) is 14. The molecule has 196 valence electrons. The molecule has 0 radical (unpaired) electrons. The second kappa shape index (κ2) is 11.1. The zero-order valence-electron chi connectivity index (χ0n) is 19.2. The molecule has 2 aliphatic rings. The molecular formula is C18H21N11O5S3. The molecule has 0 bridgehead atoms. The van der Waals surface area contributed by atoms with Crippen LogP contribution in [-0.4, -0.2) is 94.6 Å². The molecule has 37 heavy (non-hydrogen) atoms. The lowest BCUT2D eigenvalue weighted by Gasteiger charge is -2.49. The van der Waals surface area contributed by atoms with Gasteiger partial charge in [-0.25, -0.2) is 14.5 Å². The van der Waals surface area contributed by atoms with Crippen molar-refractivity contribution in [3.05, 3.63) is 22.3 Å². The molecule has 4 rings (SSSR count). The van der Waals surface area contributed by atoms with E-state index in [1.54, 1.807) is 0 Å². The van der Waals surface area contributed by atoms with Crippen LogP contribution in [0.2, 0.25) is 0 Å². The highest BCUT2D eigenvalue weighted by molar-refractivity contribution is 8.01. The van der Waals surface area contributed by atoms with Crippen molar-refractivity contribution >= 4 is 69.3 Å². The first-order valence-corrected chi connectivity index (χ1v) is 13.4. The third kappa shape index (κ3) is 5.52. The van der Waals surface area contributed by atoms with Crippen LogP contribution in [0.4, 0.5) is 5.13 Å². The summed E-state index contributed by atoms with van der Waals surface area (Å²) in [5.41, 5.74) is 11.4. The quantitative estimate of drug-likeness (QED) is 0.0714. The Bertz CT molecular complexity index is 1310. The molecule has 1 saturated heterocycles. The van der Waals surface area contributed by atoms with E-state index in [1.165, 1.54) is 45.6 Å². The van der Waals surface area contributed by atoms with Gasteiger partial charge in [0, 0.05) is 23.3 Å². The number of oxime groups is 1. The first-order valence-electron chi connectivity index (χ1n) is 10.5. The number of aryl methyl sites for hydroxylation is 1. The normalized spacial score (nSPS) is 19.3. The molecule has 0 saturated carbocycles. The number of β-lactam (4-membered cyclic amide) rings is 1. The van der Waals surface area contributed by atoms with E-state index in [1.807, 2.05) is 0 Å². The Hall–Kier alpha value is -3.71. The number of aromatic nitrogens is 5. The number of nitrogen functional groups attached to an aromatic ring is 1. The summed E-state index contributed by atoms with van der Waals surface area (Å²) in [4.78, 5) is 47.9. The number of amides is 2. The second-order valence-electron chi connectivity index (χ2n) is 7.56. The van der Waals surface area contributed by atoms with Crippen LogP contribution in [0.25, 0.3) is 0 Å². The monoisotopic (exact) mass is 567 g/mol. The van der Waals surface area contributed by atoms with E-state index in [2.05, 4.69) is 31.0 Å². The molecule has 0 aromatic carbocycles. The highest BCUT2D eigenvalue weighted by Crippen LogP contribution is 2.41. The molecule has 0 aliphatic carbocycles. The number of aliphatic carboxylic acids is 1. The van der Waals surface area contributed by atoms with Gasteiger partial charge in [0.15, 0.2) is 10.8 Å². The van der Waals surface area contributed by atoms with Crippen LogP contribution in [0.5, 0.6) is 0 Å². The Morgan fingerprint density at radius 2 is 2.24 bits per heavy atom. The Balaban J connectivity index is 1.46. The number of nitrogens with one attached hydrogen (secondary N) is 2. The molecule has 19 heteroatoms. The van der Waals surface area contributed by atoms with E-state index in [4.69, 9.17) is 21.7 Å². The fourth-order valence-corrected chi connectivity index (χ4v) is 6.45. The van der Waals surface area contributed by atoms with E-state index in [0.717, 1.165) is 11.3 Å². The van der Waals surface area contributed by atoms with Crippen molar-refractivity contribution in [2.45, 2.75) is 29.5 Å². The third-order valence-electron chi connectivity index (χ3n) is 5.17. The number of nitrogens with two attached hydrogens (primary N) is 2. The molecule has 2 aromatic heterocycles. The van der Waals surface area contributed by atoms with E-state index in [9.17, 15) is 19.5 Å². The summed E-state index contributed by atoms with van der Waals surface area (Å²) < 4.78 is 1.47. The van der Waals surface area contributed by atoms with Gasteiger partial charge in [-0.05, 0) is 16.0 Å². The number of anilines is 1. The number of rotatable bonds is 11. The Morgan fingerprint density at radius 1 is 1.46 bits per heavy atom. The molecule has 2 atom stereocenters. The van der Waals surface area contributed by atoms with Crippen LogP contribution in [0.3, 0.4) is 0 Å². The van der Waals surface area contributed by atoms with Crippen molar-refractivity contribution in [1.29, 1.82) is 5.41 Å². The topological polar surface area (TPSA) is 241 Å². The van der Waals surface area contributed by atoms with Crippen LogP contribution < -0.4 is 16.8 Å². The average Bonchev–Trinajstić information content (AvgIpc) is 3.50. The molecule has 4 heterocycles. The zero-order chi connectivity index (χ0) is 26.7. The summed E-state index contributed by atoms with van der Waals surface area (Å²) in [5.74, 6) is -2.00. The highest BCUT2D eigenvalue weighted by atomic mass is 32.2. The summed E-state index contributed by atoms with van der Waals surface area (Å²) in [5, 5.41) is 36.5. The number of thioether (sulfide) groups is 2. The molecule has 2 aliphatic heterocycles. The van der Waals surface area contributed by atoms with Gasteiger partial charge in [-0.2, -0.15) is 0 Å². The van der Waals surface area contributed by atoms with E-state index >= 15 is 0 Å². The molecular weight excluding hydrogens is 546 g/mol. The standard InChI is InChI=1S/C18H21N11O5S3/c1-34-25-10(8-6-36-17(21)22-8)13(30)23-11-14(31)29-12(16(32)33)7(4-35-15(11)29)5-37-18-24-26-27-28(18)3-2-9(19)20/h6,11,15H,2-5H2,1H3,(H3,19,20)(H2,21,22)(H,23,30)(H,32,33)/b25-10-/t11-,15+/m1/s1. The minimum atomic E-state index is -1.25. The van der Waals surface area contributed by atoms with Gasteiger partial charge in [0.05, 0.1) is 12.4 Å². The molecule has 2 aromatic rings. The number of thiazole rings is 1. The average molecular weight is 568 g/mol. The Kier molecular flexibility index (Phi) is 7.93. The first-order chi connectivity index (χ1) is 17.7. The summed E-state index contributed by atoms with van der Waals surface area (Å²) in [6.07, 6.45) is 0.265. The maximum atomic E-state index is 13.0. The van der Waals surface area contributed by atoms with E-state index in [0.29, 0.717) is 23.0 Å². The van der Waals surface area contributed by atoms with Crippen molar-refractivity contribution in [2.75, 3.05) is 24.3 Å². The van der Waals surface area contributed by atoms with Crippen LogP contribution in [0.1, 0.15) is 12.1 Å². The fraction of sp³-hybridized carbons (Fsp3) is 0.389. The lowest BCUT2D eigenvalue weighted by Crippen LogP contribution is -2.71. The second-order valence-corrected chi connectivity index (χ2v) is 10.5. The molecule has 0 spiro atoms. The SMILES string of the molecule is CO/N=C(\C(=O)N[C@@H]1C(=O)N2C(C(=O)O)=C(CSc3nnnn3CCC(=N)N)CS[C@@H]12)c1csc(N)n1. The van der Waals surface area contributed by atoms with Crippen LogP contribution >= 0.6 is 34.9 Å². The van der Waals surface area contributed by atoms with Gasteiger partial charge in [0.2, 0.25) is 5.16 Å². The summed E-state index contributed by atoms with van der Waals surface area (Å²) in [6.45, 7) is 0.306. The summed E-state index contributed by atoms with van der Waals surface area (Å²) >= 11 is 3.65. The smallest absolute Gasteiger partial charge is 0.352 e. The van der Waals surface area contributed by atoms with Gasteiger partial charge in [0.1, 0.15) is 29.9 Å². The van der Waals surface area contributed by atoms with Crippen molar-refractivity contribution < 1.29 is 24.3 Å². The van der Waals surface area contributed by atoms with Crippen molar-refractivity contribution in [3.8, 4) is 0 Å². The fourth-order valence-electron chi connectivity index (χ4n) is 3.51. The molecule has 2 amide bonds. The van der Waals surface area contributed by atoms with Gasteiger partial charge in [-0.15, -0.1) is 28.2 Å². The lowest BCUT2D eigenvalue weighted by molar-refractivity contribution is -0.150. The third-order valence-corrected chi connectivity index (χ3v) is 8.22. The van der Waals surface area contributed by atoms with Crippen molar-refractivity contribution in [1.82, 2.24) is 35.4 Å². The first kappa shape index (κ1) is 26.4. The zero-order valence-corrected chi connectivity index (χ0v) is 21.6. The molecule has 0 unspecified atom stereocenters. The Labute approximate surface area is 221 Å². The number of tetrazole rings is 1. The van der Waals surface area contributed by atoms with Gasteiger partial charge < -0.3 is 26.7 Å². The number of carboxylic acid groups (broad SMARTS) is 1. The number of carbonyl (C=O) groups excluding carboxylic acids is 2. The van der Waals surface area contributed by atoms with Gasteiger partial charge in [-0.3, -0.25) is 19.9 Å². The van der Waals surface area contributed by atoms with Crippen LogP contribution in [0.15, 0.2) is 27.0 Å². The van der Waals surface area contributed by atoms with Crippen LogP contribution in [-0.2, 0) is 25.8 Å². The number of carboxylic acids is 1. The minimum absolute atomic E-state index is 0.00804. The maximum Gasteiger partial charge on any atom is 0.352 e. The number of fused-ring (bicyclic) bond motifs is 1.